The second-order valence-corrected chi connectivity index (χ2v) is 11.2. The number of hydrogen-bond donors (Lipinski definition) is 0. The Morgan fingerprint density at radius 1 is 0.939 bits per heavy atom. The van der Waals surface area contributed by atoms with Gasteiger partial charge in [-0.2, -0.15) is 0 Å². The highest BCUT2D eigenvalue weighted by atomic mass is 79.9. The van der Waals surface area contributed by atoms with Gasteiger partial charge in [0.25, 0.3) is 0 Å². The molecule has 0 spiro atoms. The van der Waals surface area contributed by atoms with Gasteiger partial charge >= 0.3 is 5.97 Å². The van der Waals surface area contributed by atoms with Gasteiger partial charge in [0.15, 0.2) is 5.79 Å². The summed E-state index contributed by atoms with van der Waals surface area (Å²) in [5.41, 5.74) is 6.23. The zero-order chi connectivity index (χ0) is 24.2. The Hall–Kier alpha value is -1.95. The number of alkyl halides is 1. The van der Waals surface area contributed by atoms with E-state index in [1.165, 1.54) is 29.4 Å². The quantitative estimate of drug-likeness (QED) is 0.262. The first-order valence-corrected chi connectivity index (χ1v) is 12.5. The lowest BCUT2D eigenvalue weighted by atomic mass is 9.59. The average Bonchev–Trinajstić information content (AvgIpc) is 3.13. The van der Waals surface area contributed by atoms with Crippen molar-refractivity contribution in [1.29, 1.82) is 0 Å². The van der Waals surface area contributed by atoms with E-state index in [-0.39, 0.29) is 29.0 Å². The molecule has 0 bridgehead atoms. The van der Waals surface area contributed by atoms with Crippen LogP contribution >= 0.6 is 15.9 Å². The van der Waals surface area contributed by atoms with E-state index in [9.17, 15) is 4.79 Å². The predicted molar refractivity (Wildman–Crippen MR) is 136 cm³/mol. The third-order valence-electron chi connectivity index (χ3n) is 7.12. The molecule has 5 heteroatoms. The number of halogens is 1. The van der Waals surface area contributed by atoms with Crippen molar-refractivity contribution in [3.05, 3.63) is 69.8 Å². The number of methoxy groups -OCH3 is 1. The molecular weight excluding hydrogens is 480 g/mol. The maximum Gasteiger partial charge on any atom is 0.337 e. The molecular formula is C28H33BrO4. The van der Waals surface area contributed by atoms with Crippen molar-refractivity contribution in [2.45, 2.75) is 75.7 Å². The van der Waals surface area contributed by atoms with Gasteiger partial charge in [0.2, 0.25) is 0 Å². The first-order chi connectivity index (χ1) is 15.4. The predicted octanol–water partition coefficient (Wildman–Crippen LogP) is 6.63. The Morgan fingerprint density at radius 2 is 1.48 bits per heavy atom. The van der Waals surface area contributed by atoms with E-state index in [0.717, 1.165) is 10.9 Å². The summed E-state index contributed by atoms with van der Waals surface area (Å²) in [5, 5.41) is 0.759. The minimum Gasteiger partial charge on any atom is -0.465 e. The average molecular weight is 513 g/mol. The van der Waals surface area contributed by atoms with Gasteiger partial charge in [-0.05, 0) is 53.8 Å². The molecule has 1 aliphatic carbocycles. The van der Waals surface area contributed by atoms with Crippen molar-refractivity contribution in [1.82, 2.24) is 0 Å². The fraction of sp³-hybridized carbons (Fsp3) is 0.464. The van der Waals surface area contributed by atoms with Crippen LogP contribution in [0.3, 0.4) is 0 Å². The number of carbonyl (C=O) groups excluding carboxylic acids is 1. The van der Waals surface area contributed by atoms with Gasteiger partial charge in [-0.3, -0.25) is 0 Å². The summed E-state index contributed by atoms with van der Waals surface area (Å²) in [6.07, 6.45) is 4.20. The molecule has 2 aromatic rings. The lowest BCUT2D eigenvalue weighted by Crippen LogP contribution is -2.54. The molecule has 4 rings (SSSR count). The molecule has 176 valence electrons. The SMILES string of the molecule is COC(=O)c1ccc(/C=C/c2cc3c(cc2CBr)C(C)(C)C2OC(C)(C)O[C@H]2C3(C)C)cc1. The number of esters is 1. The highest BCUT2D eigenvalue weighted by Crippen LogP contribution is 2.54. The van der Waals surface area contributed by atoms with Gasteiger partial charge in [-0.1, -0.05) is 80.0 Å². The maximum absolute atomic E-state index is 11.7. The summed E-state index contributed by atoms with van der Waals surface area (Å²) in [5.74, 6) is -0.922. The van der Waals surface area contributed by atoms with Crippen LogP contribution in [-0.2, 0) is 30.4 Å². The number of ether oxygens (including phenoxy) is 3. The van der Waals surface area contributed by atoms with E-state index in [1.807, 2.05) is 26.0 Å². The van der Waals surface area contributed by atoms with Crippen LogP contribution in [0.1, 0.15) is 79.7 Å². The Labute approximate surface area is 205 Å². The molecule has 2 aromatic carbocycles. The highest BCUT2D eigenvalue weighted by molar-refractivity contribution is 9.08. The molecule has 1 fully saturated rings. The topological polar surface area (TPSA) is 44.8 Å². The summed E-state index contributed by atoms with van der Waals surface area (Å²) >= 11 is 3.70. The molecule has 2 aliphatic rings. The van der Waals surface area contributed by atoms with Crippen LogP contribution in [0.25, 0.3) is 12.2 Å². The summed E-state index contributed by atoms with van der Waals surface area (Å²) in [7, 11) is 1.39. The van der Waals surface area contributed by atoms with Crippen LogP contribution in [0.5, 0.6) is 0 Å². The lowest BCUT2D eigenvalue weighted by molar-refractivity contribution is -0.153. The lowest BCUT2D eigenvalue weighted by Gasteiger charge is -2.48. The Morgan fingerprint density at radius 3 is 2.00 bits per heavy atom. The van der Waals surface area contributed by atoms with Crippen molar-refractivity contribution in [3.63, 3.8) is 0 Å². The molecule has 0 aromatic heterocycles. The Kier molecular flexibility index (Phi) is 6.13. The molecule has 1 unspecified atom stereocenters. The molecule has 2 atom stereocenters. The Bertz CT molecular complexity index is 1100. The molecule has 33 heavy (non-hydrogen) atoms. The highest BCUT2D eigenvalue weighted by Gasteiger charge is 2.59. The number of rotatable bonds is 4. The summed E-state index contributed by atoms with van der Waals surface area (Å²) in [6.45, 7) is 13.1. The third-order valence-corrected chi connectivity index (χ3v) is 7.72. The summed E-state index contributed by atoms with van der Waals surface area (Å²) in [6, 6.07) is 12.1. The van der Waals surface area contributed by atoms with Crippen molar-refractivity contribution >= 4 is 34.1 Å². The Balaban J connectivity index is 1.75. The largest absolute Gasteiger partial charge is 0.465 e. The van der Waals surface area contributed by atoms with Gasteiger partial charge in [0.05, 0.1) is 24.9 Å². The smallest absolute Gasteiger partial charge is 0.337 e. The third kappa shape index (κ3) is 4.20. The molecule has 0 N–H and O–H groups in total. The molecule has 0 radical (unpaired) electrons. The molecule has 0 saturated carbocycles. The van der Waals surface area contributed by atoms with E-state index in [0.29, 0.717) is 5.56 Å². The maximum atomic E-state index is 11.7. The van der Waals surface area contributed by atoms with Crippen LogP contribution < -0.4 is 0 Å². The monoisotopic (exact) mass is 512 g/mol. The van der Waals surface area contributed by atoms with Gasteiger partial charge in [-0.15, -0.1) is 0 Å². The van der Waals surface area contributed by atoms with Crippen molar-refractivity contribution in [3.8, 4) is 0 Å². The van der Waals surface area contributed by atoms with E-state index < -0.39 is 5.79 Å². The van der Waals surface area contributed by atoms with Gasteiger partial charge in [-0.25, -0.2) is 4.79 Å². The van der Waals surface area contributed by atoms with E-state index in [2.05, 4.69) is 67.9 Å². The summed E-state index contributed by atoms with van der Waals surface area (Å²) < 4.78 is 17.6. The van der Waals surface area contributed by atoms with Crippen LogP contribution in [-0.4, -0.2) is 31.1 Å². The first-order valence-electron chi connectivity index (χ1n) is 11.4. The van der Waals surface area contributed by atoms with Crippen LogP contribution in [0.15, 0.2) is 36.4 Å². The van der Waals surface area contributed by atoms with E-state index in [4.69, 9.17) is 14.2 Å². The number of benzene rings is 2. The normalized spacial score (nSPS) is 24.4. The summed E-state index contributed by atoms with van der Waals surface area (Å²) in [4.78, 5) is 11.7. The number of fused-ring (bicyclic) bond motifs is 2. The molecule has 0 amide bonds. The zero-order valence-corrected chi connectivity index (χ0v) is 22.1. The van der Waals surface area contributed by atoms with Crippen LogP contribution in [0, 0.1) is 0 Å². The minimum atomic E-state index is -0.594. The van der Waals surface area contributed by atoms with Crippen LogP contribution in [0.2, 0.25) is 0 Å². The first kappa shape index (κ1) is 24.2. The van der Waals surface area contributed by atoms with Crippen molar-refractivity contribution < 1.29 is 19.0 Å². The number of carbonyl (C=O) groups is 1. The molecule has 1 heterocycles. The van der Waals surface area contributed by atoms with Crippen LogP contribution in [0.4, 0.5) is 0 Å². The minimum absolute atomic E-state index is 0.00658. The molecule has 4 nitrogen and oxygen atoms in total. The van der Waals surface area contributed by atoms with Gasteiger partial charge < -0.3 is 14.2 Å². The van der Waals surface area contributed by atoms with Crippen molar-refractivity contribution in [2.75, 3.05) is 7.11 Å². The molecule has 1 saturated heterocycles. The van der Waals surface area contributed by atoms with Gasteiger partial charge in [0.1, 0.15) is 0 Å². The number of hydrogen-bond acceptors (Lipinski definition) is 4. The van der Waals surface area contributed by atoms with Crippen molar-refractivity contribution in [2.24, 2.45) is 0 Å². The van der Waals surface area contributed by atoms with E-state index in [1.54, 1.807) is 12.1 Å². The second kappa shape index (κ2) is 8.37. The second-order valence-electron chi connectivity index (χ2n) is 10.6. The standard InChI is InChI=1S/C28H33BrO4/c1-26(2)21-14-19(13-10-17-8-11-18(12-9-17)25(30)31-7)20(16-29)15-22(21)27(3,4)24-23(26)32-28(5,6)33-24/h8-15,23-24H,16H2,1-7H3/b13-10+/t23-,24?/m1/s1. The fourth-order valence-electron chi connectivity index (χ4n) is 5.15. The molecule has 1 aliphatic heterocycles. The zero-order valence-electron chi connectivity index (χ0n) is 20.5. The van der Waals surface area contributed by atoms with E-state index >= 15 is 0 Å². The van der Waals surface area contributed by atoms with Gasteiger partial charge in [0, 0.05) is 16.2 Å². The fourth-order valence-corrected chi connectivity index (χ4v) is 5.64.